The molecule has 1 N–H and O–H groups in total. The molecule has 0 spiro atoms. The van der Waals surface area contributed by atoms with Crippen LogP contribution >= 0.6 is 0 Å². The van der Waals surface area contributed by atoms with E-state index >= 15 is 0 Å². The Morgan fingerprint density at radius 1 is 0.886 bits per heavy atom. The van der Waals surface area contributed by atoms with Gasteiger partial charge in [0.2, 0.25) is 0 Å². The zero-order chi connectivity index (χ0) is 24.2. The summed E-state index contributed by atoms with van der Waals surface area (Å²) in [4.78, 5) is 17.5. The Balaban J connectivity index is 1.50. The van der Waals surface area contributed by atoms with E-state index in [9.17, 15) is 4.79 Å². The van der Waals surface area contributed by atoms with E-state index in [0.29, 0.717) is 28.4 Å². The Morgan fingerprint density at radius 3 is 2.34 bits per heavy atom. The van der Waals surface area contributed by atoms with E-state index in [2.05, 4.69) is 10.3 Å². The van der Waals surface area contributed by atoms with Crippen LogP contribution in [0.5, 0.6) is 11.5 Å². The molecule has 2 aromatic heterocycles. The monoisotopic (exact) mass is 465 g/mol. The molecule has 0 saturated carbocycles. The predicted molar refractivity (Wildman–Crippen MR) is 134 cm³/mol. The van der Waals surface area contributed by atoms with Gasteiger partial charge in [-0.1, -0.05) is 18.2 Å². The second-order valence-corrected chi connectivity index (χ2v) is 7.71. The van der Waals surface area contributed by atoms with Gasteiger partial charge in [-0.2, -0.15) is 5.10 Å². The second-order valence-electron chi connectivity index (χ2n) is 7.71. The van der Waals surface area contributed by atoms with Crippen molar-refractivity contribution in [2.24, 2.45) is 0 Å². The van der Waals surface area contributed by atoms with E-state index in [4.69, 9.17) is 14.6 Å². The molecule has 8 nitrogen and oxygen atoms in total. The van der Waals surface area contributed by atoms with Gasteiger partial charge in [0.25, 0.3) is 5.91 Å². The van der Waals surface area contributed by atoms with Gasteiger partial charge in [-0.25, -0.2) is 9.67 Å². The number of amides is 1. The number of aromatic nitrogens is 4. The molecule has 2 heterocycles. The predicted octanol–water partition coefficient (Wildman–Crippen LogP) is 4.99. The van der Waals surface area contributed by atoms with Crippen LogP contribution in [0.1, 0.15) is 10.4 Å². The van der Waals surface area contributed by atoms with Crippen molar-refractivity contribution in [3.63, 3.8) is 0 Å². The molecular weight excluding hydrogens is 442 g/mol. The van der Waals surface area contributed by atoms with Gasteiger partial charge < -0.3 is 19.4 Å². The number of rotatable bonds is 7. The summed E-state index contributed by atoms with van der Waals surface area (Å²) < 4.78 is 14.4. The number of ether oxygens (including phenoxy) is 2. The topological polar surface area (TPSA) is 83.2 Å². The third-order valence-corrected chi connectivity index (χ3v) is 5.56. The first-order valence-corrected chi connectivity index (χ1v) is 10.9. The van der Waals surface area contributed by atoms with Crippen LogP contribution in [-0.4, -0.2) is 39.5 Å². The Hall–Kier alpha value is -4.85. The maximum Gasteiger partial charge on any atom is 0.259 e. The normalized spacial score (nSPS) is 10.7. The lowest BCUT2D eigenvalue weighted by molar-refractivity contribution is 0.102. The average Bonchev–Trinajstić information content (AvgIpc) is 3.60. The Bertz CT molecular complexity index is 1440. The zero-order valence-electron chi connectivity index (χ0n) is 19.3. The number of nitrogens with zero attached hydrogens (tertiary/aromatic N) is 4. The fourth-order valence-corrected chi connectivity index (χ4v) is 3.78. The Kier molecular flexibility index (Phi) is 6.00. The van der Waals surface area contributed by atoms with Crippen molar-refractivity contribution in [2.75, 3.05) is 19.5 Å². The molecule has 1 amide bonds. The summed E-state index contributed by atoms with van der Waals surface area (Å²) in [6.45, 7) is 0. The second kappa shape index (κ2) is 9.56. The number of carbonyl (C=O) groups is 1. The molecule has 0 unspecified atom stereocenters. The number of benzene rings is 3. The van der Waals surface area contributed by atoms with Gasteiger partial charge in [0.15, 0.2) is 11.5 Å². The van der Waals surface area contributed by atoms with Gasteiger partial charge in [-0.15, -0.1) is 0 Å². The molecule has 174 valence electrons. The van der Waals surface area contributed by atoms with Gasteiger partial charge in [0.05, 0.1) is 31.8 Å². The fourth-order valence-electron chi connectivity index (χ4n) is 3.78. The molecule has 0 atom stereocenters. The molecule has 0 fully saturated rings. The van der Waals surface area contributed by atoms with E-state index in [1.165, 1.54) is 0 Å². The quantitative estimate of drug-likeness (QED) is 0.366. The lowest BCUT2D eigenvalue weighted by Gasteiger charge is -2.10. The van der Waals surface area contributed by atoms with E-state index in [1.807, 2.05) is 77.5 Å². The SMILES string of the molecule is COc1ccc(-c2nn(-c3ccccc3)cc2C(=O)Nc2ccc(-n3ccnc3)cc2)cc1OC. The van der Waals surface area contributed by atoms with Gasteiger partial charge in [0, 0.05) is 35.5 Å². The third kappa shape index (κ3) is 4.49. The Morgan fingerprint density at radius 2 is 1.66 bits per heavy atom. The summed E-state index contributed by atoms with van der Waals surface area (Å²) in [5, 5.41) is 7.73. The summed E-state index contributed by atoms with van der Waals surface area (Å²) >= 11 is 0. The van der Waals surface area contributed by atoms with Gasteiger partial charge in [-0.05, 0) is 54.6 Å². The van der Waals surface area contributed by atoms with Crippen LogP contribution in [0.3, 0.4) is 0 Å². The van der Waals surface area contributed by atoms with Crippen LogP contribution < -0.4 is 14.8 Å². The summed E-state index contributed by atoms with van der Waals surface area (Å²) in [5.41, 5.74) is 4.16. The maximum absolute atomic E-state index is 13.4. The maximum atomic E-state index is 13.4. The molecule has 5 aromatic rings. The lowest BCUT2D eigenvalue weighted by Crippen LogP contribution is -2.12. The van der Waals surface area contributed by atoms with Crippen molar-refractivity contribution in [1.82, 2.24) is 19.3 Å². The molecule has 0 aliphatic heterocycles. The molecular formula is C27H23N5O3. The van der Waals surface area contributed by atoms with Crippen molar-refractivity contribution in [3.8, 4) is 34.1 Å². The largest absolute Gasteiger partial charge is 0.493 e. The van der Waals surface area contributed by atoms with E-state index in [1.54, 1.807) is 43.7 Å². The van der Waals surface area contributed by atoms with Crippen LogP contribution in [-0.2, 0) is 0 Å². The average molecular weight is 466 g/mol. The number of methoxy groups -OCH3 is 2. The minimum Gasteiger partial charge on any atom is -0.493 e. The summed E-state index contributed by atoms with van der Waals surface area (Å²) in [7, 11) is 3.16. The number of carbonyl (C=O) groups excluding carboxylic acids is 1. The van der Waals surface area contributed by atoms with Crippen molar-refractivity contribution < 1.29 is 14.3 Å². The summed E-state index contributed by atoms with van der Waals surface area (Å²) in [6, 6.07) is 22.7. The van der Waals surface area contributed by atoms with Crippen molar-refractivity contribution >= 4 is 11.6 Å². The van der Waals surface area contributed by atoms with E-state index in [0.717, 1.165) is 16.9 Å². The highest BCUT2D eigenvalue weighted by atomic mass is 16.5. The van der Waals surface area contributed by atoms with E-state index in [-0.39, 0.29) is 5.91 Å². The van der Waals surface area contributed by atoms with Crippen molar-refractivity contribution in [3.05, 3.63) is 103 Å². The number of hydrogen-bond acceptors (Lipinski definition) is 5. The zero-order valence-corrected chi connectivity index (χ0v) is 19.3. The highest BCUT2D eigenvalue weighted by Gasteiger charge is 2.20. The molecule has 0 radical (unpaired) electrons. The number of nitrogens with one attached hydrogen (secondary N) is 1. The van der Waals surface area contributed by atoms with E-state index < -0.39 is 0 Å². The number of imidazole rings is 1. The number of anilines is 1. The van der Waals surface area contributed by atoms with Crippen LogP contribution in [0.25, 0.3) is 22.6 Å². The smallest absolute Gasteiger partial charge is 0.259 e. The standard InChI is InChI=1S/C27H23N5O3/c1-34-24-13-8-19(16-25(24)35-2)26-23(17-32(30-26)22-6-4-3-5-7-22)27(33)29-20-9-11-21(12-10-20)31-15-14-28-18-31/h3-18H,1-2H3,(H,29,33). The first kappa shape index (κ1) is 22.0. The van der Waals surface area contributed by atoms with Gasteiger partial charge in [0.1, 0.15) is 5.69 Å². The first-order valence-electron chi connectivity index (χ1n) is 10.9. The molecule has 8 heteroatoms. The van der Waals surface area contributed by atoms with Crippen LogP contribution in [0.2, 0.25) is 0 Å². The minimum atomic E-state index is -0.271. The first-order chi connectivity index (χ1) is 17.2. The molecule has 3 aromatic carbocycles. The molecule has 5 rings (SSSR count). The highest BCUT2D eigenvalue weighted by molar-refractivity contribution is 6.08. The number of para-hydroxylation sites is 1. The molecule has 35 heavy (non-hydrogen) atoms. The highest BCUT2D eigenvalue weighted by Crippen LogP contribution is 2.33. The molecule has 0 bridgehead atoms. The van der Waals surface area contributed by atoms with Crippen LogP contribution in [0, 0.1) is 0 Å². The molecule has 0 aliphatic rings. The Labute approximate surface area is 202 Å². The third-order valence-electron chi connectivity index (χ3n) is 5.56. The van der Waals surface area contributed by atoms with Crippen molar-refractivity contribution in [2.45, 2.75) is 0 Å². The van der Waals surface area contributed by atoms with Crippen LogP contribution in [0.15, 0.2) is 97.7 Å². The molecule has 0 aliphatic carbocycles. The fraction of sp³-hybridized carbons (Fsp3) is 0.0741. The lowest BCUT2D eigenvalue weighted by atomic mass is 10.1. The van der Waals surface area contributed by atoms with Crippen molar-refractivity contribution in [1.29, 1.82) is 0 Å². The number of hydrogen-bond donors (Lipinski definition) is 1. The van der Waals surface area contributed by atoms with Crippen LogP contribution in [0.4, 0.5) is 5.69 Å². The molecule has 0 saturated heterocycles. The van der Waals surface area contributed by atoms with Gasteiger partial charge in [-0.3, -0.25) is 4.79 Å². The minimum absolute atomic E-state index is 0.271. The van der Waals surface area contributed by atoms with Gasteiger partial charge >= 0.3 is 0 Å². The summed E-state index contributed by atoms with van der Waals surface area (Å²) in [5.74, 6) is 0.885. The summed E-state index contributed by atoms with van der Waals surface area (Å²) in [6.07, 6.45) is 7.04.